The van der Waals surface area contributed by atoms with E-state index in [0.717, 1.165) is 12.3 Å². The standard InChI is InChI=1S/C13H27NO/c1-4-6-11(2)10-14-8-5-7-13(14)9-12(3)15/h11-13,15H,4-10H2,1-3H3. The minimum atomic E-state index is -0.142. The van der Waals surface area contributed by atoms with Crippen LogP contribution < -0.4 is 0 Å². The van der Waals surface area contributed by atoms with Crippen LogP contribution in [0.25, 0.3) is 0 Å². The van der Waals surface area contributed by atoms with Gasteiger partial charge in [0.1, 0.15) is 0 Å². The fourth-order valence-corrected chi connectivity index (χ4v) is 2.78. The highest BCUT2D eigenvalue weighted by atomic mass is 16.3. The topological polar surface area (TPSA) is 23.5 Å². The highest BCUT2D eigenvalue weighted by molar-refractivity contribution is 4.81. The third-order valence-electron chi connectivity index (χ3n) is 3.44. The van der Waals surface area contributed by atoms with Gasteiger partial charge in [0, 0.05) is 12.6 Å². The number of aliphatic hydroxyl groups excluding tert-OH is 1. The number of nitrogens with zero attached hydrogens (tertiary/aromatic N) is 1. The summed E-state index contributed by atoms with van der Waals surface area (Å²) in [4.78, 5) is 2.59. The zero-order valence-corrected chi connectivity index (χ0v) is 10.6. The Bertz CT molecular complexity index is 170. The van der Waals surface area contributed by atoms with Crippen molar-refractivity contribution in [3.8, 4) is 0 Å². The maximum atomic E-state index is 9.44. The van der Waals surface area contributed by atoms with Gasteiger partial charge in [0.2, 0.25) is 0 Å². The molecular weight excluding hydrogens is 186 g/mol. The second-order valence-corrected chi connectivity index (χ2v) is 5.27. The van der Waals surface area contributed by atoms with Crippen LogP contribution in [-0.2, 0) is 0 Å². The number of likely N-dealkylation sites (tertiary alicyclic amines) is 1. The Morgan fingerprint density at radius 2 is 2.13 bits per heavy atom. The summed E-state index contributed by atoms with van der Waals surface area (Å²) in [5.74, 6) is 0.810. The van der Waals surface area contributed by atoms with E-state index in [1.54, 1.807) is 0 Å². The molecule has 2 heteroatoms. The van der Waals surface area contributed by atoms with Gasteiger partial charge in [-0.25, -0.2) is 0 Å². The summed E-state index contributed by atoms with van der Waals surface area (Å²) >= 11 is 0. The van der Waals surface area contributed by atoms with Crippen LogP contribution in [0.3, 0.4) is 0 Å². The predicted molar refractivity (Wildman–Crippen MR) is 65.0 cm³/mol. The summed E-state index contributed by atoms with van der Waals surface area (Å²) in [6.07, 6.45) is 6.03. The largest absolute Gasteiger partial charge is 0.393 e. The first-order valence-electron chi connectivity index (χ1n) is 6.55. The lowest BCUT2D eigenvalue weighted by Gasteiger charge is -2.28. The average molecular weight is 213 g/mol. The van der Waals surface area contributed by atoms with E-state index >= 15 is 0 Å². The molecule has 0 spiro atoms. The molecule has 1 saturated heterocycles. The first-order chi connectivity index (χ1) is 7.13. The van der Waals surface area contributed by atoms with Gasteiger partial charge in [0.25, 0.3) is 0 Å². The molecule has 3 atom stereocenters. The van der Waals surface area contributed by atoms with Gasteiger partial charge in [0.05, 0.1) is 6.10 Å². The minimum absolute atomic E-state index is 0.142. The first kappa shape index (κ1) is 13.0. The van der Waals surface area contributed by atoms with Gasteiger partial charge < -0.3 is 10.0 Å². The van der Waals surface area contributed by atoms with E-state index in [0.29, 0.717) is 6.04 Å². The van der Waals surface area contributed by atoms with Gasteiger partial charge in [0.15, 0.2) is 0 Å². The van der Waals surface area contributed by atoms with Gasteiger partial charge in [-0.05, 0) is 45.1 Å². The van der Waals surface area contributed by atoms with Crippen LogP contribution in [0.15, 0.2) is 0 Å². The van der Waals surface area contributed by atoms with Crippen molar-refractivity contribution >= 4 is 0 Å². The lowest BCUT2D eigenvalue weighted by molar-refractivity contribution is 0.125. The van der Waals surface area contributed by atoms with Crippen LogP contribution in [0.2, 0.25) is 0 Å². The Balaban J connectivity index is 2.32. The van der Waals surface area contributed by atoms with Crippen molar-refractivity contribution in [3.05, 3.63) is 0 Å². The van der Waals surface area contributed by atoms with E-state index in [1.807, 2.05) is 6.92 Å². The molecule has 0 aromatic carbocycles. The normalized spacial score (nSPS) is 26.8. The van der Waals surface area contributed by atoms with E-state index in [-0.39, 0.29) is 6.10 Å². The molecule has 1 aliphatic heterocycles. The van der Waals surface area contributed by atoms with Crippen LogP contribution in [0, 0.1) is 5.92 Å². The quantitative estimate of drug-likeness (QED) is 0.733. The molecule has 3 unspecified atom stereocenters. The first-order valence-corrected chi connectivity index (χ1v) is 6.55. The van der Waals surface area contributed by atoms with Crippen molar-refractivity contribution in [2.45, 2.75) is 65.0 Å². The van der Waals surface area contributed by atoms with Gasteiger partial charge in [-0.1, -0.05) is 20.3 Å². The smallest absolute Gasteiger partial charge is 0.0527 e. The summed E-state index contributed by atoms with van der Waals surface area (Å²) in [5, 5.41) is 9.44. The van der Waals surface area contributed by atoms with Crippen molar-refractivity contribution in [1.82, 2.24) is 4.90 Å². The fourth-order valence-electron chi connectivity index (χ4n) is 2.78. The summed E-state index contributed by atoms with van der Waals surface area (Å²) < 4.78 is 0. The SMILES string of the molecule is CCCC(C)CN1CCCC1CC(C)O. The van der Waals surface area contributed by atoms with E-state index in [2.05, 4.69) is 18.7 Å². The third kappa shape index (κ3) is 4.52. The third-order valence-corrected chi connectivity index (χ3v) is 3.44. The molecule has 0 saturated carbocycles. The van der Waals surface area contributed by atoms with Crippen LogP contribution in [0.5, 0.6) is 0 Å². The second kappa shape index (κ2) is 6.49. The molecule has 2 nitrogen and oxygen atoms in total. The van der Waals surface area contributed by atoms with E-state index < -0.39 is 0 Å². The zero-order valence-electron chi connectivity index (χ0n) is 10.6. The number of hydrogen-bond donors (Lipinski definition) is 1. The molecule has 1 N–H and O–H groups in total. The molecule has 0 aromatic heterocycles. The molecule has 1 fully saturated rings. The summed E-state index contributed by atoms with van der Waals surface area (Å²) in [5.41, 5.74) is 0. The fraction of sp³-hybridized carbons (Fsp3) is 1.00. The summed E-state index contributed by atoms with van der Waals surface area (Å²) in [7, 11) is 0. The Morgan fingerprint density at radius 3 is 2.73 bits per heavy atom. The van der Waals surface area contributed by atoms with Crippen molar-refractivity contribution < 1.29 is 5.11 Å². The van der Waals surface area contributed by atoms with Gasteiger partial charge in [-0.3, -0.25) is 0 Å². The monoisotopic (exact) mass is 213 g/mol. The Kier molecular flexibility index (Phi) is 5.62. The van der Waals surface area contributed by atoms with E-state index in [4.69, 9.17) is 0 Å². The highest BCUT2D eigenvalue weighted by Crippen LogP contribution is 2.23. The van der Waals surface area contributed by atoms with Gasteiger partial charge >= 0.3 is 0 Å². The van der Waals surface area contributed by atoms with E-state index in [1.165, 1.54) is 38.8 Å². The lowest BCUT2D eigenvalue weighted by Crippen LogP contribution is -2.35. The average Bonchev–Trinajstić information content (AvgIpc) is 2.52. The lowest BCUT2D eigenvalue weighted by atomic mass is 10.0. The molecule has 0 amide bonds. The maximum absolute atomic E-state index is 9.44. The maximum Gasteiger partial charge on any atom is 0.0527 e. The zero-order chi connectivity index (χ0) is 11.3. The summed E-state index contributed by atoms with van der Waals surface area (Å²) in [6, 6.07) is 0.643. The molecule has 0 bridgehead atoms. The number of hydrogen-bond acceptors (Lipinski definition) is 2. The van der Waals surface area contributed by atoms with Crippen LogP contribution >= 0.6 is 0 Å². The van der Waals surface area contributed by atoms with Gasteiger partial charge in [-0.2, -0.15) is 0 Å². The molecule has 15 heavy (non-hydrogen) atoms. The van der Waals surface area contributed by atoms with E-state index in [9.17, 15) is 5.11 Å². The predicted octanol–water partition coefficient (Wildman–Crippen LogP) is 2.66. The molecule has 1 heterocycles. The van der Waals surface area contributed by atoms with Crippen molar-refractivity contribution in [2.75, 3.05) is 13.1 Å². The molecule has 1 aliphatic rings. The second-order valence-electron chi connectivity index (χ2n) is 5.27. The van der Waals surface area contributed by atoms with Crippen molar-refractivity contribution in [1.29, 1.82) is 0 Å². The Hall–Kier alpha value is -0.0800. The highest BCUT2D eigenvalue weighted by Gasteiger charge is 2.26. The van der Waals surface area contributed by atoms with Crippen LogP contribution in [0.1, 0.15) is 52.9 Å². The molecule has 0 radical (unpaired) electrons. The number of rotatable bonds is 6. The summed E-state index contributed by atoms with van der Waals surface area (Å²) in [6.45, 7) is 8.98. The van der Waals surface area contributed by atoms with Crippen molar-refractivity contribution in [3.63, 3.8) is 0 Å². The van der Waals surface area contributed by atoms with Crippen LogP contribution in [-0.4, -0.2) is 35.2 Å². The molecule has 90 valence electrons. The molecular formula is C13H27NO. The number of aliphatic hydroxyl groups is 1. The minimum Gasteiger partial charge on any atom is -0.393 e. The Morgan fingerprint density at radius 1 is 1.40 bits per heavy atom. The van der Waals surface area contributed by atoms with Gasteiger partial charge in [-0.15, -0.1) is 0 Å². The Labute approximate surface area is 94.7 Å². The molecule has 1 rings (SSSR count). The van der Waals surface area contributed by atoms with Crippen LogP contribution in [0.4, 0.5) is 0 Å². The molecule has 0 aliphatic carbocycles. The van der Waals surface area contributed by atoms with Crippen molar-refractivity contribution in [2.24, 2.45) is 5.92 Å². The molecule has 0 aromatic rings.